The van der Waals surface area contributed by atoms with E-state index in [0.29, 0.717) is 5.75 Å². The predicted octanol–water partition coefficient (Wildman–Crippen LogP) is 2.21. The first-order valence-corrected chi connectivity index (χ1v) is 8.51. The van der Waals surface area contributed by atoms with E-state index < -0.39 is 23.3 Å². The normalized spacial score (nSPS) is 10.1. The van der Waals surface area contributed by atoms with Crippen LogP contribution in [0.3, 0.4) is 0 Å². The lowest BCUT2D eigenvalue weighted by molar-refractivity contribution is -0.385. The van der Waals surface area contributed by atoms with Crippen molar-refractivity contribution in [3.8, 4) is 11.5 Å². The Morgan fingerprint density at radius 3 is 2.46 bits per heavy atom. The van der Waals surface area contributed by atoms with Gasteiger partial charge in [-0.2, -0.15) is 0 Å². The van der Waals surface area contributed by atoms with Crippen LogP contribution in [0.25, 0.3) is 0 Å². The first-order valence-electron chi connectivity index (χ1n) is 8.51. The van der Waals surface area contributed by atoms with Crippen molar-refractivity contribution >= 4 is 17.5 Å². The second-order valence-electron chi connectivity index (χ2n) is 5.98. The molecule has 0 saturated heterocycles. The number of aryl methyl sites for hydroxylation is 2. The van der Waals surface area contributed by atoms with Crippen LogP contribution in [0.4, 0.5) is 5.69 Å². The van der Waals surface area contributed by atoms with Gasteiger partial charge in [0, 0.05) is 6.07 Å². The third kappa shape index (κ3) is 6.27. The summed E-state index contributed by atoms with van der Waals surface area (Å²) in [6.07, 6.45) is 0.0404. The second kappa shape index (κ2) is 9.91. The molecule has 0 heterocycles. The largest absolute Gasteiger partial charge is 0.493 e. The van der Waals surface area contributed by atoms with Gasteiger partial charge in [-0.15, -0.1) is 0 Å². The Bertz CT molecular complexity index is 868. The van der Waals surface area contributed by atoms with Crippen molar-refractivity contribution in [2.45, 2.75) is 20.3 Å². The molecule has 0 spiro atoms. The van der Waals surface area contributed by atoms with E-state index in [4.69, 9.17) is 9.47 Å². The standard InChI is InChI=1S/C19H21N3O6/c1-13-7-8-14(2)17(11-13)27-10-9-18(23)20-21-19(24)12-28-16-6-4-3-5-15(16)22(25)26/h3-8,11H,9-10,12H2,1-2H3,(H,20,23)(H,21,24). The molecular formula is C19H21N3O6. The molecule has 28 heavy (non-hydrogen) atoms. The molecule has 0 radical (unpaired) electrons. The third-order valence-electron chi connectivity index (χ3n) is 3.69. The molecule has 0 unspecified atom stereocenters. The molecular weight excluding hydrogens is 366 g/mol. The molecule has 148 valence electrons. The minimum Gasteiger partial charge on any atom is -0.493 e. The van der Waals surface area contributed by atoms with Gasteiger partial charge in [0.25, 0.3) is 5.91 Å². The van der Waals surface area contributed by atoms with Crippen molar-refractivity contribution in [3.63, 3.8) is 0 Å². The molecule has 9 heteroatoms. The lowest BCUT2D eigenvalue weighted by atomic mass is 10.1. The summed E-state index contributed by atoms with van der Waals surface area (Å²) in [5.74, 6) is -0.420. The minimum absolute atomic E-state index is 0.0316. The highest BCUT2D eigenvalue weighted by molar-refractivity contribution is 5.82. The fourth-order valence-corrected chi connectivity index (χ4v) is 2.23. The van der Waals surface area contributed by atoms with Crippen LogP contribution < -0.4 is 20.3 Å². The molecule has 2 N–H and O–H groups in total. The first kappa shape index (κ1) is 20.7. The maximum absolute atomic E-state index is 11.8. The van der Waals surface area contributed by atoms with Crippen LogP contribution in [0.2, 0.25) is 0 Å². The maximum atomic E-state index is 11.8. The fraction of sp³-hybridized carbons (Fsp3) is 0.263. The van der Waals surface area contributed by atoms with Crippen LogP contribution in [-0.2, 0) is 9.59 Å². The number of para-hydroxylation sites is 2. The average molecular weight is 387 g/mol. The number of rotatable bonds is 8. The number of hydrogen-bond donors (Lipinski definition) is 2. The van der Waals surface area contributed by atoms with Crippen LogP contribution in [0.1, 0.15) is 17.5 Å². The molecule has 0 aliphatic heterocycles. The number of nitrogens with zero attached hydrogens (tertiary/aromatic N) is 1. The number of amides is 2. The zero-order valence-corrected chi connectivity index (χ0v) is 15.6. The molecule has 0 bridgehead atoms. The van der Waals surface area contributed by atoms with Crippen LogP contribution in [0, 0.1) is 24.0 Å². The number of carbonyl (C=O) groups excluding carboxylic acids is 2. The Morgan fingerprint density at radius 1 is 1.00 bits per heavy atom. The number of benzene rings is 2. The summed E-state index contributed by atoms with van der Waals surface area (Å²) >= 11 is 0. The summed E-state index contributed by atoms with van der Waals surface area (Å²) in [5.41, 5.74) is 6.19. The van der Waals surface area contributed by atoms with Gasteiger partial charge >= 0.3 is 5.69 Å². The quantitative estimate of drug-likeness (QED) is 0.529. The Labute approximate surface area is 161 Å². The molecule has 0 aliphatic rings. The third-order valence-corrected chi connectivity index (χ3v) is 3.69. The lowest BCUT2D eigenvalue weighted by Crippen LogP contribution is -2.44. The van der Waals surface area contributed by atoms with E-state index >= 15 is 0 Å². The van der Waals surface area contributed by atoms with Crippen LogP contribution in [-0.4, -0.2) is 30.0 Å². The Balaban J connectivity index is 1.70. The van der Waals surface area contributed by atoms with Crippen LogP contribution in [0.5, 0.6) is 11.5 Å². The van der Waals surface area contributed by atoms with Crippen LogP contribution in [0.15, 0.2) is 42.5 Å². The van der Waals surface area contributed by atoms with Crippen molar-refractivity contribution in [2.24, 2.45) is 0 Å². The van der Waals surface area contributed by atoms with Gasteiger partial charge in [-0.05, 0) is 37.1 Å². The smallest absolute Gasteiger partial charge is 0.310 e. The molecule has 9 nitrogen and oxygen atoms in total. The number of nitrogens with one attached hydrogen (secondary N) is 2. The number of hydrazine groups is 1. The molecule has 2 aromatic rings. The SMILES string of the molecule is Cc1ccc(C)c(OCCC(=O)NNC(=O)COc2ccccc2[N+](=O)[O-])c1. The summed E-state index contributed by atoms with van der Waals surface area (Å²) < 4.78 is 10.7. The summed E-state index contributed by atoms with van der Waals surface area (Å²) in [6, 6.07) is 11.5. The lowest BCUT2D eigenvalue weighted by Gasteiger charge is -2.11. The van der Waals surface area contributed by atoms with E-state index in [9.17, 15) is 19.7 Å². The van der Waals surface area contributed by atoms with Crippen molar-refractivity contribution in [1.82, 2.24) is 10.9 Å². The highest BCUT2D eigenvalue weighted by Crippen LogP contribution is 2.25. The predicted molar refractivity (Wildman–Crippen MR) is 101 cm³/mol. The Hall–Kier alpha value is -3.62. The van der Waals surface area contributed by atoms with Gasteiger partial charge in [0.1, 0.15) is 5.75 Å². The van der Waals surface area contributed by atoms with E-state index in [1.54, 1.807) is 6.07 Å². The van der Waals surface area contributed by atoms with Crippen LogP contribution >= 0.6 is 0 Å². The molecule has 2 amide bonds. The number of ether oxygens (including phenoxy) is 2. The zero-order chi connectivity index (χ0) is 20.5. The first-order chi connectivity index (χ1) is 13.4. The van der Waals surface area contributed by atoms with Crippen molar-refractivity contribution < 1.29 is 24.0 Å². The van der Waals surface area contributed by atoms with Gasteiger partial charge in [-0.25, -0.2) is 0 Å². The summed E-state index contributed by atoms with van der Waals surface area (Å²) in [7, 11) is 0. The molecule has 0 fully saturated rings. The molecule has 0 saturated carbocycles. The van der Waals surface area contributed by atoms with Gasteiger partial charge in [-0.1, -0.05) is 24.3 Å². The van der Waals surface area contributed by atoms with E-state index in [1.165, 1.54) is 18.2 Å². The minimum atomic E-state index is -0.651. The van der Waals surface area contributed by atoms with Gasteiger partial charge in [-0.3, -0.25) is 30.6 Å². The van der Waals surface area contributed by atoms with Crippen molar-refractivity contribution in [2.75, 3.05) is 13.2 Å². The van der Waals surface area contributed by atoms with E-state index in [-0.39, 0.29) is 24.5 Å². The van der Waals surface area contributed by atoms with Crippen molar-refractivity contribution in [1.29, 1.82) is 0 Å². The Kier molecular flexibility index (Phi) is 7.32. The number of hydrogen-bond acceptors (Lipinski definition) is 6. The summed E-state index contributed by atoms with van der Waals surface area (Å²) in [5, 5.41) is 10.9. The summed E-state index contributed by atoms with van der Waals surface area (Å²) in [6.45, 7) is 3.52. The zero-order valence-electron chi connectivity index (χ0n) is 15.6. The topological polar surface area (TPSA) is 120 Å². The molecule has 2 aromatic carbocycles. The number of carbonyl (C=O) groups is 2. The Morgan fingerprint density at radius 2 is 1.71 bits per heavy atom. The number of nitro benzene ring substituents is 1. The average Bonchev–Trinajstić information content (AvgIpc) is 2.67. The van der Waals surface area contributed by atoms with E-state index in [2.05, 4.69) is 10.9 Å². The molecule has 2 rings (SSSR count). The monoisotopic (exact) mass is 387 g/mol. The number of nitro groups is 1. The molecule has 0 aliphatic carbocycles. The molecule has 0 atom stereocenters. The van der Waals surface area contributed by atoms with Gasteiger partial charge in [0.2, 0.25) is 5.91 Å². The fourth-order valence-electron chi connectivity index (χ4n) is 2.23. The van der Waals surface area contributed by atoms with Gasteiger partial charge < -0.3 is 9.47 Å². The van der Waals surface area contributed by atoms with E-state index in [0.717, 1.165) is 11.1 Å². The maximum Gasteiger partial charge on any atom is 0.310 e. The highest BCUT2D eigenvalue weighted by Gasteiger charge is 2.15. The van der Waals surface area contributed by atoms with Gasteiger partial charge in [0.15, 0.2) is 12.4 Å². The van der Waals surface area contributed by atoms with E-state index in [1.807, 2.05) is 32.0 Å². The molecule has 0 aromatic heterocycles. The summed E-state index contributed by atoms with van der Waals surface area (Å²) in [4.78, 5) is 33.8. The van der Waals surface area contributed by atoms with Crippen molar-refractivity contribution in [3.05, 3.63) is 63.7 Å². The second-order valence-corrected chi connectivity index (χ2v) is 5.98. The van der Waals surface area contributed by atoms with Gasteiger partial charge in [0.05, 0.1) is 18.0 Å². The highest BCUT2D eigenvalue weighted by atomic mass is 16.6.